The first-order valence-corrected chi connectivity index (χ1v) is 9.03. The zero-order chi connectivity index (χ0) is 15.5. The van der Waals surface area contributed by atoms with Crippen molar-refractivity contribution in [3.8, 4) is 0 Å². The summed E-state index contributed by atoms with van der Waals surface area (Å²) in [5.74, 6) is 0.680. The molecule has 5 nitrogen and oxygen atoms in total. The molecule has 0 aliphatic heterocycles. The topological polar surface area (TPSA) is 61.2 Å². The van der Waals surface area contributed by atoms with Gasteiger partial charge in [-0.2, -0.15) is 5.10 Å². The largest absolute Gasteiger partial charge is 0.495 e. The van der Waals surface area contributed by atoms with E-state index in [9.17, 15) is 8.42 Å². The standard InChI is InChI=1S/C15H22N2O3S/c1-4-7-13(2)20-14-8-5-9-15(12-14,21(3,18)19)17-11-6-10-16-17/h5-6,8-11,13H,4,7,12H2,1-3H3. The molecule has 0 aromatic carbocycles. The van der Waals surface area contributed by atoms with E-state index in [1.807, 2.05) is 13.0 Å². The molecule has 1 aliphatic rings. The highest BCUT2D eigenvalue weighted by atomic mass is 32.2. The Kier molecular flexibility index (Phi) is 4.56. The Balaban J connectivity index is 2.31. The fraction of sp³-hybridized carbons (Fsp3) is 0.533. The Bertz CT molecular complexity index is 632. The van der Waals surface area contributed by atoms with Crippen LogP contribution in [0.25, 0.3) is 0 Å². The molecule has 116 valence electrons. The van der Waals surface area contributed by atoms with E-state index in [2.05, 4.69) is 12.0 Å². The fourth-order valence-electron chi connectivity index (χ4n) is 2.55. The number of nitrogens with zero attached hydrogens (tertiary/aromatic N) is 2. The third-order valence-corrected chi connectivity index (χ3v) is 5.40. The Morgan fingerprint density at radius 2 is 2.29 bits per heavy atom. The van der Waals surface area contributed by atoms with Crippen molar-refractivity contribution in [2.45, 2.75) is 44.1 Å². The van der Waals surface area contributed by atoms with Crippen LogP contribution in [-0.2, 0) is 19.4 Å². The molecule has 0 amide bonds. The summed E-state index contributed by atoms with van der Waals surface area (Å²) in [6.07, 6.45) is 12.0. The summed E-state index contributed by atoms with van der Waals surface area (Å²) in [4.78, 5) is -1.20. The molecule has 0 N–H and O–H groups in total. The molecule has 1 aliphatic carbocycles. The van der Waals surface area contributed by atoms with E-state index in [-0.39, 0.29) is 12.5 Å². The smallest absolute Gasteiger partial charge is 0.188 e. The minimum Gasteiger partial charge on any atom is -0.495 e. The van der Waals surface area contributed by atoms with E-state index in [4.69, 9.17) is 4.74 Å². The van der Waals surface area contributed by atoms with Crippen molar-refractivity contribution >= 4 is 9.84 Å². The minimum atomic E-state index is -3.40. The van der Waals surface area contributed by atoms with Crippen LogP contribution in [0.1, 0.15) is 33.1 Å². The number of allylic oxidation sites excluding steroid dienone is 3. The van der Waals surface area contributed by atoms with E-state index < -0.39 is 14.7 Å². The Morgan fingerprint density at radius 3 is 2.86 bits per heavy atom. The average molecular weight is 310 g/mol. The van der Waals surface area contributed by atoms with Gasteiger partial charge in [-0.05, 0) is 31.6 Å². The van der Waals surface area contributed by atoms with Crippen molar-refractivity contribution < 1.29 is 13.2 Å². The maximum atomic E-state index is 12.4. The highest BCUT2D eigenvalue weighted by molar-refractivity contribution is 7.91. The molecule has 0 fully saturated rings. The van der Waals surface area contributed by atoms with Gasteiger partial charge in [-0.1, -0.05) is 19.4 Å². The molecular formula is C15H22N2O3S. The SMILES string of the molecule is CCCC(C)OC1=CC=CC(n2cccn2)(S(C)(=O)=O)C1. The van der Waals surface area contributed by atoms with Crippen molar-refractivity contribution in [1.29, 1.82) is 0 Å². The summed E-state index contributed by atoms with van der Waals surface area (Å²) in [6.45, 7) is 4.10. The molecule has 0 saturated heterocycles. The van der Waals surface area contributed by atoms with Gasteiger partial charge in [0.15, 0.2) is 14.7 Å². The van der Waals surface area contributed by atoms with Crippen molar-refractivity contribution in [1.82, 2.24) is 9.78 Å². The summed E-state index contributed by atoms with van der Waals surface area (Å²) < 4.78 is 32.1. The molecule has 21 heavy (non-hydrogen) atoms. The molecule has 2 atom stereocenters. The first-order chi connectivity index (χ1) is 9.89. The minimum absolute atomic E-state index is 0.0719. The Morgan fingerprint density at radius 1 is 1.52 bits per heavy atom. The highest BCUT2D eigenvalue weighted by Gasteiger charge is 2.43. The van der Waals surface area contributed by atoms with Crippen LogP contribution in [0.4, 0.5) is 0 Å². The van der Waals surface area contributed by atoms with Crippen molar-refractivity contribution in [3.05, 3.63) is 42.4 Å². The van der Waals surface area contributed by atoms with Crippen LogP contribution in [0.3, 0.4) is 0 Å². The van der Waals surface area contributed by atoms with E-state index >= 15 is 0 Å². The lowest BCUT2D eigenvalue weighted by molar-refractivity contribution is 0.108. The lowest BCUT2D eigenvalue weighted by Crippen LogP contribution is -2.41. The van der Waals surface area contributed by atoms with Crippen molar-refractivity contribution in [3.63, 3.8) is 0 Å². The van der Waals surface area contributed by atoms with Crippen LogP contribution in [0, 0.1) is 0 Å². The van der Waals surface area contributed by atoms with Crippen LogP contribution in [0.5, 0.6) is 0 Å². The van der Waals surface area contributed by atoms with Gasteiger partial charge >= 0.3 is 0 Å². The van der Waals surface area contributed by atoms with E-state index in [0.29, 0.717) is 5.76 Å². The molecule has 1 aromatic heterocycles. The number of hydrogen-bond donors (Lipinski definition) is 0. The van der Waals surface area contributed by atoms with Gasteiger partial charge in [-0.3, -0.25) is 0 Å². The Hall–Kier alpha value is -1.56. The second kappa shape index (κ2) is 6.05. The fourth-order valence-corrected chi connectivity index (χ4v) is 3.73. The van der Waals surface area contributed by atoms with Crippen LogP contribution >= 0.6 is 0 Å². The normalized spacial score (nSPS) is 23.7. The summed E-state index contributed by atoms with van der Waals surface area (Å²) in [7, 11) is -3.40. The predicted molar refractivity (Wildman–Crippen MR) is 82.3 cm³/mol. The number of sulfone groups is 1. The van der Waals surface area contributed by atoms with Crippen LogP contribution in [0.2, 0.25) is 0 Å². The lowest BCUT2D eigenvalue weighted by Gasteiger charge is -2.33. The van der Waals surface area contributed by atoms with E-state index in [1.165, 1.54) is 10.9 Å². The first kappa shape index (κ1) is 15.8. The summed E-state index contributed by atoms with van der Waals surface area (Å²) in [5, 5.41) is 4.13. The van der Waals surface area contributed by atoms with Gasteiger partial charge in [0.1, 0.15) is 5.76 Å². The second-order valence-corrected chi connectivity index (χ2v) is 7.70. The van der Waals surface area contributed by atoms with Gasteiger partial charge in [-0.15, -0.1) is 0 Å². The number of aromatic nitrogens is 2. The maximum Gasteiger partial charge on any atom is 0.188 e. The predicted octanol–water partition coefficient (Wildman–Crippen LogP) is 2.63. The molecular weight excluding hydrogens is 288 g/mol. The molecule has 1 heterocycles. The van der Waals surface area contributed by atoms with Gasteiger partial charge < -0.3 is 4.74 Å². The molecule has 2 unspecified atom stereocenters. The monoisotopic (exact) mass is 310 g/mol. The molecule has 2 rings (SSSR count). The molecule has 0 spiro atoms. The van der Waals surface area contributed by atoms with Crippen molar-refractivity contribution in [2.24, 2.45) is 0 Å². The van der Waals surface area contributed by atoms with Gasteiger partial charge in [0.05, 0.1) is 6.10 Å². The van der Waals surface area contributed by atoms with Gasteiger partial charge in [0.25, 0.3) is 0 Å². The zero-order valence-corrected chi connectivity index (χ0v) is 13.5. The number of hydrogen-bond acceptors (Lipinski definition) is 4. The Labute approximate surface area is 126 Å². The number of rotatable bonds is 6. The number of ether oxygens (including phenoxy) is 1. The molecule has 0 bridgehead atoms. The third-order valence-electron chi connectivity index (χ3n) is 3.65. The molecule has 0 radical (unpaired) electrons. The highest BCUT2D eigenvalue weighted by Crippen LogP contribution is 2.35. The summed E-state index contributed by atoms with van der Waals surface area (Å²) in [5.41, 5.74) is 0. The maximum absolute atomic E-state index is 12.4. The van der Waals surface area contributed by atoms with Crippen LogP contribution in [0.15, 0.2) is 42.4 Å². The van der Waals surface area contributed by atoms with Gasteiger partial charge in [-0.25, -0.2) is 13.1 Å². The molecule has 6 heteroatoms. The molecule has 0 saturated carbocycles. The van der Waals surface area contributed by atoms with E-state index in [1.54, 1.807) is 30.6 Å². The summed E-state index contributed by atoms with van der Waals surface area (Å²) in [6, 6.07) is 1.72. The average Bonchev–Trinajstić information content (AvgIpc) is 2.92. The van der Waals surface area contributed by atoms with Crippen molar-refractivity contribution in [2.75, 3.05) is 6.26 Å². The summed E-state index contributed by atoms with van der Waals surface area (Å²) >= 11 is 0. The van der Waals surface area contributed by atoms with Crippen LogP contribution < -0.4 is 0 Å². The van der Waals surface area contributed by atoms with Gasteiger partial charge in [0, 0.05) is 25.1 Å². The quantitative estimate of drug-likeness (QED) is 0.810. The second-order valence-electron chi connectivity index (χ2n) is 5.45. The molecule has 1 aromatic rings. The van der Waals surface area contributed by atoms with E-state index in [0.717, 1.165) is 12.8 Å². The lowest BCUT2D eigenvalue weighted by atomic mass is 10.1. The zero-order valence-electron chi connectivity index (χ0n) is 12.7. The third kappa shape index (κ3) is 3.20. The van der Waals surface area contributed by atoms with Gasteiger partial charge in [0.2, 0.25) is 0 Å². The first-order valence-electron chi connectivity index (χ1n) is 7.14. The van der Waals surface area contributed by atoms with Crippen LogP contribution in [-0.4, -0.2) is 30.6 Å².